The van der Waals surface area contributed by atoms with E-state index in [1.54, 1.807) is 0 Å². The maximum absolute atomic E-state index is 6.61. The lowest BCUT2D eigenvalue weighted by Gasteiger charge is -2.32. The highest BCUT2D eigenvalue weighted by Crippen LogP contribution is 2.45. The first-order chi connectivity index (χ1) is 15.3. The molecule has 0 fully saturated rings. The van der Waals surface area contributed by atoms with Gasteiger partial charge in [0.05, 0.1) is 20.1 Å². The van der Waals surface area contributed by atoms with Crippen LogP contribution in [0.4, 0.5) is 0 Å². The molecule has 8 heteroatoms. The molecule has 184 valence electrons. The van der Waals surface area contributed by atoms with Gasteiger partial charge < -0.3 is 20.9 Å². The van der Waals surface area contributed by atoms with E-state index in [1.165, 1.54) is 0 Å². The minimum atomic E-state index is -0.558. The van der Waals surface area contributed by atoms with E-state index in [4.69, 9.17) is 67.3 Å². The number of benzene rings is 2. The van der Waals surface area contributed by atoms with Crippen LogP contribution in [0.2, 0.25) is 20.1 Å². The topological polar surface area (TPSA) is 70.5 Å². The van der Waals surface area contributed by atoms with Crippen molar-refractivity contribution in [1.29, 1.82) is 0 Å². The molecule has 0 amide bonds. The molecule has 0 saturated carbocycles. The van der Waals surface area contributed by atoms with E-state index in [9.17, 15) is 0 Å². The summed E-state index contributed by atoms with van der Waals surface area (Å²) in [5.41, 5.74) is 11.9. The highest BCUT2D eigenvalue weighted by Gasteiger charge is 2.31. The van der Waals surface area contributed by atoms with Gasteiger partial charge in [0.1, 0.15) is 11.2 Å². The summed E-state index contributed by atoms with van der Waals surface area (Å²) in [6.07, 6.45) is 1.44. The molecule has 2 rings (SSSR count). The third kappa shape index (κ3) is 6.22. The van der Waals surface area contributed by atoms with Gasteiger partial charge in [-0.3, -0.25) is 0 Å². The van der Waals surface area contributed by atoms with Gasteiger partial charge in [-0.2, -0.15) is 0 Å². The third-order valence-electron chi connectivity index (χ3n) is 6.50. The Morgan fingerprint density at radius 1 is 0.636 bits per heavy atom. The second-order valence-corrected chi connectivity index (χ2v) is 11.0. The van der Waals surface area contributed by atoms with Gasteiger partial charge in [-0.05, 0) is 62.1 Å². The van der Waals surface area contributed by atoms with E-state index in [0.29, 0.717) is 44.7 Å². The van der Waals surface area contributed by atoms with Gasteiger partial charge >= 0.3 is 0 Å². The van der Waals surface area contributed by atoms with Crippen LogP contribution in [0.5, 0.6) is 11.5 Å². The molecule has 2 unspecified atom stereocenters. The SMILES string of the molecule is CCC(C)(CN)Oc1c(Cl)cc(C(C)(C)c2cc(Cl)c(OC(C)(CC)CN)c(Cl)c2)cc1Cl. The zero-order valence-corrected chi connectivity index (χ0v) is 23.1. The fourth-order valence-electron chi connectivity index (χ4n) is 3.21. The van der Waals surface area contributed by atoms with Crippen LogP contribution in [0.25, 0.3) is 0 Å². The monoisotopic (exact) mass is 534 g/mol. The van der Waals surface area contributed by atoms with Crippen molar-refractivity contribution in [1.82, 2.24) is 0 Å². The Morgan fingerprint density at radius 3 is 1.12 bits per heavy atom. The number of hydrogen-bond acceptors (Lipinski definition) is 4. The van der Waals surface area contributed by atoms with Gasteiger partial charge in [-0.25, -0.2) is 0 Å². The molecule has 0 aromatic heterocycles. The molecular weight excluding hydrogens is 502 g/mol. The fraction of sp³-hybridized carbons (Fsp3) is 0.520. The van der Waals surface area contributed by atoms with Gasteiger partial charge in [0.25, 0.3) is 0 Å². The Bertz CT molecular complexity index is 863. The Hall–Kier alpha value is -0.880. The lowest BCUT2D eigenvalue weighted by Crippen LogP contribution is -2.40. The number of nitrogens with two attached hydrogens (primary N) is 2. The molecule has 4 N–H and O–H groups in total. The van der Waals surface area contributed by atoms with Crippen molar-refractivity contribution < 1.29 is 9.47 Å². The van der Waals surface area contributed by atoms with Gasteiger partial charge in [-0.15, -0.1) is 0 Å². The van der Waals surface area contributed by atoms with Crippen LogP contribution < -0.4 is 20.9 Å². The smallest absolute Gasteiger partial charge is 0.157 e. The van der Waals surface area contributed by atoms with Crippen LogP contribution in [0.1, 0.15) is 65.5 Å². The minimum Gasteiger partial charge on any atom is -0.483 e. The largest absolute Gasteiger partial charge is 0.483 e. The molecule has 0 bridgehead atoms. The summed E-state index contributed by atoms with van der Waals surface area (Å²) < 4.78 is 12.2. The third-order valence-corrected chi connectivity index (χ3v) is 7.62. The maximum atomic E-state index is 6.61. The highest BCUT2D eigenvalue weighted by atomic mass is 35.5. The van der Waals surface area contributed by atoms with Crippen molar-refractivity contribution in [2.75, 3.05) is 13.1 Å². The maximum Gasteiger partial charge on any atom is 0.157 e. The zero-order valence-electron chi connectivity index (χ0n) is 20.1. The average molecular weight is 536 g/mol. The molecule has 0 aliphatic rings. The van der Waals surface area contributed by atoms with Crippen molar-refractivity contribution in [3.05, 3.63) is 55.5 Å². The van der Waals surface area contributed by atoms with Crippen molar-refractivity contribution in [3.8, 4) is 11.5 Å². The van der Waals surface area contributed by atoms with Crippen molar-refractivity contribution in [3.63, 3.8) is 0 Å². The molecule has 0 heterocycles. The molecule has 2 aromatic carbocycles. The standard InChI is InChI=1S/C25H34Cl4N2O2/c1-7-24(5,13-30)32-21-17(26)9-15(10-18(21)27)23(3,4)16-11-19(28)22(20(29)12-16)33-25(6,8-2)14-31/h9-12H,7-8,13-14,30-31H2,1-6H3. The molecular formula is C25H34Cl4N2O2. The predicted octanol–water partition coefficient (Wildman–Crippen LogP) is 7.64. The predicted molar refractivity (Wildman–Crippen MR) is 142 cm³/mol. The van der Waals surface area contributed by atoms with E-state index in [1.807, 2.05) is 65.8 Å². The zero-order chi connectivity index (χ0) is 25.2. The van der Waals surface area contributed by atoms with Crippen LogP contribution in [0.15, 0.2) is 24.3 Å². The van der Waals surface area contributed by atoms with E-state index in [2.05, 4.69) is 0 Å². The second kappa shape index (κ2) is 10.8. The van der Waals surface area contributed by atoms with Gasteiger partial charge in [0.2, 0.25) is 0 Å². The second-order valence-electron chi connectivity index (χ2n) is 9.38. The lowest BCUT2D eigenvalue weighted by atomic mass is 9.78. The average Bonchev–Trinajstić information content (AvgIpc) is 2.78. The molecule has 2 aromatic rings. The van der Waals surface area contributed by atoms with Crippen molar-refractivity contribution >= 4 is 46.4 Å². The number of ether oxygens (including phenoxy) is 2. The normalized spacial score (nSPS) is 15.6. The summed E-state index contributed by atoms with van der Waals surface area (Å²) in [6.45, 7) is 12.6. The van der Waals surface area contributed by atoms with Crippen molar-refractivity contribution in [2.24, 2.45) is 11.5 Å². The molecule has 4 nitrogen and oxygen atoms in total. The fourth-order valence-corrected chi connectivity index (χ4v) is 4.34. The van der Waals surface area contributed by atoms with E-state index in [0.717, 1.165) is 24.0 Å². The van der Waals surface area contributed by atoms with Gasteiger partial charge in [-0.1, -0.05) is 74.1 Å². The highest BCUT2D eigenvalue weighted by molar-refractivity contribution is 6.38. The number of rotatable bonds is 10. The number of hydrogen-bond donors (Lipinski definition) is 2. The number of halogens is 4. The van der Waals surface area contributed by atoms with Crippen LogP contribution >= 0.6 is 46.4 Å². The van der Waals surface area contributed by atoms with Crippen molar-refractivity contribution in [2.45, 2.75) is 71.0 Å². The van der Waals surface area contributed by atoms with Gasteiger partial charge in [0, 0.05) is 18.5 Å². The van der Waals surface area contributed by atoms with Crippen LogP contribution in [-0.4, -0.2) is 24.3 Å². The van der Waals surface area contributed by atoms with E-state index < -0.39 is 16.6 Å². The summed E-state index contributed by atoms with van der Waals surface area (Å²) in [7, 11) is 0. The molecule has 33 heavy (non-hydrogen) atoms. The summed E-state index contributed by atoms with van der Waals surface area (Å²) >= 11 is 26.4. The van der Waals surface area contributed by atoms with Crippen LogP contribution in [0, 0.1) is 0 Å². The Kier molecular flexibility index (Phi) is 9.28. The quantitative estimate of drug-likeness (QED) is 0.328. The van der Waals surface area contributed by atoms with E-state index in [-0.39, 0.29) is 0 Å². The van der Waals surface area contributed by atoms with Crippen LogP contribution in [-0.2, 0) is 5.41 Å². The first-order valence-electron chi connectivity index (χ1n) is 11.0. The molecule has 0 aliphatic heterocycles. The lowest BCUT2D eigenvalue weighted by molar-refractivity contribution is 0.0935. The molecule has 2 atom stereocenters. The van der Waals surface area contributed by atoms with Gasteiger partial charge in [0.15, 0.2) is 11.5 Å². The summed E-state index contributed by atoms with van der Waals surface area (Å²) in [6, 6.07) is 7.41. The minimum absolute atomic E-state index is 0.343. The molecule has 0 saturated heterocycles. The first-order valence-corrected chi connectivity index (χ1v) is 12.5. The summed E-state index contributed by atoms with van der Waals surface area (Å²) in [5.74, 6) is 0.848. The summed E-state index contributed by atoms with van der Waals surface area (Å²) in [4.78, 5) is 0. The Balaban J connectivity index is 2.48. The van der Waals surface area contributed by atoms with E-state index >= 15 is 0 Å². The van der Waals surface area contributed by atoms with Crippen LogP contribution in [0.3, 0.4) is 0 Å². The summed E-state index contributed by atoms with van der Waals surface area (Å²) in [5, 5.41) is 1.66. The molecule has 0 aliphatic carbocycles. The Labute approximate surface area is 217 Å². The molecule has 0 radical (unpaired) electrons. The molecule has 0 spiro atoms. The Morgan fingerprint density at radius 2 is 0.909 bits per heavy atom. The first kappa shape index (κ1) is 28.4.